The van der Waals surface area contributed by atoms with Gasteiger partial charge in [0.2, 0.25) is 11.6 Å². The fourth-order valence-corrected chi connectivity index (χ4v) is 2.71. The summed E-state index contributed by atoms with van der Waals surface area (Å²) < 4.78 is 0. The molecule has 7 nitrogen and oxygen atoms in total. The first-order valence-electron chi connectivity index (χ1n) is 6.95. The quantitative estimate of drug-likeness (QED) is 0.636. The maximum atomic E-state index is 11.3. The SMILES string of the molecule is CCNc1ncnc(NC2CCCC2(C)C)c1[N+](=O)[O-]. The molecule has 1 aliphatic carbocycles. The van der Waals surface area contributed by atoms with Gasteiger partial charge in [-0.2, -0.15) is 0 Å². The number of rotatable bonds is 5. The molecule has 2 N–H and O–H groups in total. The summed E-state index contributed by atoms with van der Waals surface area (Å²) in [6, 6.07) is 0.200. The Morgan fingerprint density at radius 1 is 1.45 bits per heavy atom. The third-order valence-corrected chi connectivity index (χ3v) is 3.92. The lowest BCUT2D eigenvalue weighted by atomic mass is 9.87. The minimum Gasteiger partial charge on any atom is -0.364 e. The van der Waals surface area contributed by atoms with Crippen molar-refractivity contribution in [3.63, 3.8) is 0 Å². The lowest BCUT2D eigenvalue weighted by Gasteiger charge is -2.28. The molecule has 20 heavy (non-hydrogen) atoms. The van der Waals surface area contributed by atoms with Crippen LogP contribution in [0.25, 0.3) is 0 Å². The van der Waals surface area contributed by atoms with Gasteiger partial charge in [-0.15, -0.1) is 0 Å². The van der Waals surface area contributed by atoms with Gasteiger partial charge in [0.15, 0.2) is 0 Å². The van der Waals surface area contributed by atoms with Crippen LogP contribution in [0.1, 0.15) is 40.0 Å². The topological polar surface area (TPSA) is 93.0 Å². The molecule has 2 rings (SSSR count). The highest BCUT2D eigenvalue weighted by Gasteiger charge is 2.36. The summed E-state index contributed by atoms with van der Waals surface area (Å²) in [5.41, 5.74) is 0.0500. The Bertz CT molecular complexity index is 504. The highest BCUT2D eigenvalue weighted by molar-refractivity contribution is 5.69. The maximum Gasteiger partial charge on any atom is 0.353 e. The monoisotopic (exact) mass is 279 g/mol. The van der Waals surface area contributed by atoms with Crippen LogP contribution in [0, 0.1) is 15.5 Å². The minimum atomic E-state index is -0.428. The first-order chi connectivity index (χ1) is 9.45. The van der Waals surface area contributed by atoms with E-state index in [1.165, 1.54) is 6.33 Å². The molecular formula is C13H21N5O2. The van der Waals surface area contributed by atoms with E-state index in [4.69, 9.17) is 0 Å². The van der Waals surface area contributed by atoms with E-state index in [1.807, 2.05) is 6.92 Å². The second kappa shape index (κ2) is 5.60. The van der Waals surface area contributed by atoms with E-state index < -0.39 is 4.92 Å². The molecule has 110 valence electrons. The maximum absolute atomic E-state index is 11.3. The third kappa shape index (κ3) is 2.81. The molecule has 1 heterocycles. The van der Waals surface area contributed by atoms with Crippen LogP contribution in [-0.4, -0.2) is 27.5 Å². The number of hydrogen-bond donors (Lipinski definition) is 2. The summed E-state index contributed by atoms with van der Waals surface area (Å²) in [7, 11) is 0. The van der Waals surface area contributed by atoms with Crippen molar-refractivity contribution >= 4 is 17.3 Å². The minimum absolute atomic E-state index is 0.0722. The molecule has 0 aromatic carbocycles. The molecule has 1 aromatic heterocycles. The molecule has 1 unspecified atom stereocenters. The molecule has 0 radical (unpaired) electrons. The lowest BCUT2D eigenvalue weighted by molar-refractivity contribution is -0.383. The lowest BCUT2D eigenvalue weighted by Crippen LogP contribution is -2.31. The summed E-state index contributed by atoms with van der Waals surface area (Å²) in [4.78, 5) is 18.9. The summed E-state index contributed by atoms with van der Waals surface area (Å²) in [5, 5.41) is 17.5. The zero-order valence-corrected chi connectivity index (χ0v) is 12.1. The van der Waals surface area contributed by atoms with Gasteiger partial charge in [-0.3, -0.25) is 10.1 Å². The predicted molar refractivity (Wildman–Crippen MR) is 77.9 cm³/mol. The Morgan fingerprint density at radius 2 is 2.15 bits per heavy atom. The molecule has 1 atom stereocenters. The van der Waals surface area contributed by atoms with Gasteiger partial charge in [-0.1, -0.05) is 20.3 Å². The van der Waals surface area contributed by atoms with E-state index in [9.17, 15) is 10.1 Å². The molecule has 0 aliphatic heterocycles. The molecule has 0 bridgehead atoms. The number of aromatic nitrogens is 2. The zero-order chi connectivity index (χ0) is 14.8. The van der Waals surface area contributed by atoms with E-state index >= 15 is 0 Å². The van der Waals surface area contributed by atoms with Gasteiger partial charge in [-0.25, -0.2) is 9.97 Å². The first kappa shape index (κ1) is 14.5. The fourth-order valence-electron chi connectivity index (χ4n) is 2.71. The molecule has 0 amide bonds. The van der Waals surface area contributed by atoms with Crippen molar-refractivity contribution in [2.45, 2.75) is 46.1 Å². The number of nitrogens with one attached hydrogen (secondary N) is 2. The molecule has 7 heteroatoms. The average Bonchev–Trinajstić information content (AvgIpc) is 2.69. The Balaban J connectivity index is 2.31. The Kier molecular flexibility index (Phi) is 4.06. The van der Waals surface area contributed by atoms with Crippen LogP contribution in [0.2, 0.25) is 0 Å². The van der Waals surface area contributed by atoms with Gasteiger partial charge < -0.3 is 10.6 Å². The van der Waals surface area contributed by atoms with Gasteiger partial charge in [0, 0.05) is 12.6 Å². The molecule has 1 aromatic rings. The number of anilines is 2. The van der Waals surface area contributed by atoms with Gasteiger partial charge in [-0.05, 0) is 25.2 Å². The van der Waals surface area contributed by atoms with Crippen molar-refractivity contribution in [2.75, 3.05) is 17.2 Å². The standard InChI is InChI=1S/C13H21N5O2/c1-4-14-11-10(18(19)20)12(16-8-15-11)17-9-6-5-7-13(9,2)3/h8-9H,4-7H2,1-3H3,(H2,14,15,16,17). The van der Waals surface area contributed by atoms with E-state index in [2.05, 4.69) is 34.4 Å². The van der Waals surface area contributed by atoms with Gasteiger partial charge >= 0.3 is 5.69 Å². The van der Waals surface area contributed by atoms with Crippen LogP contribution in [0.3, 0.4) is 0 Å². The summed E-state index contributed by atoms with van der Waals surface area (Å²) >= 11 is 0. The zero-order valence-electron chi connectivity index (χ0n) is 12.1. The van der Waals surface area contributed by atoms with Crippen LogP contribution >= 0.6 is 0 Å². The fraction of sp³-hybridized carbons (Fsp3) is 0.692. The highest BCUT2D eigenvalue weighted by atomic mass is 16.6. The molecule has 1 aliphatic rings. The Morgan fingerprint density at radius 3 is 2.70 bits per heavy atom. The average molecular weight is 279 g/mol. The Hall–Kier alpha value is -1.92. The van der Waals surface area contributed by atoms with E-state index in [0.29, 0.717) is 12.4 Å². The van der Waals surface area contributed by atoms with Crippen molar-refractivity contribution in [3.8, 4) is 0 Å². The summed E-state index contributed by atoms with van der Waals surface area (Å²) in [6.07, 6.45) is 4.60. The second-order valence-corrected chi connectivity index (χ2v) is 5.78. The largest absolute Gasteiger partial charge is 0.364 e. The van der Waals surface area contributed by atoms with Gasteiger partial charge in [0.25, 0.3) is 0 Å². The van der Waals surface area contributed by atoms with Gasteiger partial charge in [0.05, 0.1) is 4.92 Å². The Labute approximate surface area is 118 Å². The van der Waals surface area contributed by atoms with Crippen LogP contribution in [-0.2, 0) is 0 Å². The van der Waals surface area contributed by atoms with Crippen LogP contribution in [0.5, 0.6) is 0 Å². The van der Waals surface area contributed by atoms with E-state index in [1.54, 1.807) is 0 Å². The summed E-state index contributed by atoms with van der Waals surface area (Å²) in [5.74, 6) is 0.576. The summed E-state index contributed by atoms with van der Waals surface area (Å²) in [6.45, 7) is 6.80. The first-order valence-corrected chi connectivity index (χ1v) is 6.95. The van der Waals surface area contributed by atoms with E-state index in [0.717, 1.165) is 19.3 Å². The molecule has 1 saturated carbocycles. The van der Waals surface area contributed by atoms with Gasteiger partial charge in [0.1, 0.15) is 6.33 Å². The molecule has 1 fully saturated rings. The number of nitro groups is 1. The van der Waals surface area contributed by atoms with Crippen molar-refractivity contribution < 1.29 is 4.92 Å². The predicted octanol–water partition coefficient (Wildman–Crippen LogP) is 2.81. The van der Waals surface area contributed by atoms with Crippen molar-refractivity contribution in [3.05, 3.63) is 16.4 Å². The second-order valence-electron chi connectivity index (χ2n) is 5.78. The van der Waals surface area contributed by atoms with Crippen molar-refractivity contribution in [1.29, 1.82) is 0 Å². The normalized spacial score (nSPS) is 20.6. The van der Waals surface area contributed by atoms with Crippen molar-refractivity contribution in [2.24, 2.45) is 5.41 Å². The smallest absolute Gasteiger partial charge is 0.353 e. The van der Waals surface area contributed by atoms with E-state index in [-0.39, 0.29) is 23.0 Å². The van der Waals surface area contributed by atoms with Crippen molar-refractivity contribution in [1.82, 2.24) is 9.97 Å². The highest BCUT2D eigenvalue weighted by Crippen LogP contribution is 2.40. The molecule has 0 spiro atoms. The van der Waals surface area contributed by atoms with Crippen LogP contribution in [0.15, 0.2) is 6.33 Å². The molecule has 0 saturated heterocycles. The number of nitrogens with zero attached hydrogens (tertiary/aromatic N) is 3. The van der Waals surface area contributed by atoms with Crippen LogP contribution < -0.4 is 10.6 Å². The number of hydrogen-bond acceptors (Lipinski definition) is 6. The molecular weight excluding hydrogens is 258 g/mol. The third-order valence-electron chi connectivity index (χ3n) is 3.92. The van der Waals surface area contributed by atoms with Crippen LogP contribution in [0.4, 0.5) is 17.3 Å².